The molecule has 2 N–H and O–H groups in total. The molecular weight excluding hydrogens is 260 g/mol. The van der Waals surface area contributed by atoms with Gasteiger partial charge in [-0.2, -0.15) is 0 Å². The van der Waals surface area contributed by atoms with Crippen LogP contribution in [-0.2, 0) is 0 Å². The van der Waals surface area contributed by atoms with Gasteiger partial charge in [0, 0.05) is 6.04 Å². The molecule has 1 aliphatic rings. The highest BCUT2D eigenvalue weighted by atomic mass is 16.6. The van der Waals surface area contributed by atoms with Gasteiger partial charge in [-0.1, -0.05) is 25.8 Å². The lowest BCUT2D eigenvalue weighted by atomic mass is 9.85. The summed E-state index contributed by atoms with van der Waals surface area (Å²) in [6.07, 6.45) is 4.31. The third-order valence-corrected chi connectivity index (χ3v) is 3.90. The summed E-state index contributed by atoms with van der Waals surface area (Å²) in [6, 6.07) is 4.53. The molecule has 0 bridgehead atoms. The molecule has 0 aliphatic heterocycles. The van der Waals surface area contributed by atoms with Crippen LogP contribution in [0.25, 0.3) is 0 Å². The number of carboxylic acids is 1. The molecular formula is C14H18N2O4. The molecule has 1 saturated carbocycles. The first kappa shape index (κ1) is 14.3. The summed E-state index contributed by atoms with van der Waals surface area (Å²) >= 11 is 0. The second kappa shape index (κ2) is 5.90. The van der Waals surface area contributed by atoms with Crippen LogP contribution in [0.3, 0.4) is 0 Å². The van der Waals surface area contributed by atoms with Crippen LogP contribution in [-0.4, -0.2) is 22.0 Å². The molecule has 0 saturated heterocycles. The van der Waals surface area contributed by atoms with Crippen LogP contribution in [0.1, 0.15) is 43.0 Å². The lowest BCUT2D eigenvalue weighted by molar-refractivity contribution is -0.384. The molecule has 0 radical (unpaired) electrons. The van der Waals surface area contributed by atoms with E-state index in [0.29, 0.717) is 11.6 Å². The summed E-state index contributed by atoms with van der Waals surface area (Å²) in [6.45, 7) is 2.11. The Bertz CT molecular complexity index is 530. The summed E-state index contributed by atoms with van der Waals surface area (Å²) in [7, 11) is 0. The van der Waals surface area contributed by atoms with E-state index < -0.39 is 10.9 Å². The van der Waals surface area contributed by atoms with Gasteiger partial charge in [-0.25, -0.2) is 4.79 Å². The molecule has 6 nitrogen and oxygen atoms in total. The van der Waals surface area contributed by atoms with Crippen molar-refractivity contribution in [2.45, 2.75) is 38.6 Å². The van der Waals surface area contributed by atoms with Crippen LogP contribution < -0.4 is 5.32 Å². The highest BCUT2D eigenvalue weighted by Crippen LogP contribution is 2.33. The molecule has 0 spiro atoms. The van der Waals surface area contributed by atoms with Crippen molar-refractivity contribution in [2.75, 3.05) is 5.32 Å². The SMILES string of the molecule is CC1CCCCC1Nc1cccc(C(=O)O)c1[N+](=O)[O-]. The number of benzene rings is 1. The third kappa shape index (κ3) is 2.89. The molecule has 0 amide bonds. The van der Waals surface area contributed by atoms with E-state index in [1.54, 1.807) is 6.07 Å². The van der Waals surface area contributed by atoms with Crippen molar-refractivity contribution in [2.24, 2.45) is 5.92 Å². The predicted octanol–water partition coefficient (Wildman–Crippen LogP) is 3.28. The van der Waals surface area contributed by atoms with Gasteiger partial charge in [0.15, 0.2) is 0 Å². The number of rotatable bonds is 4. The molecule has 1 aliphatic carbocycles. The summed E-state index contributed by atoms with van der Waals surface area (Å²) in [4.78, 5) is 21.6. The van der Waals surface area contributed by atoms with Crippen LogP contribution in [0.2, 0.25) is 0 Å². The molecule has 6 heteroatoms. The Morgan fingerprint density at radius 3 is 2.70 bits per heavy atom. The average molecular weight is 278 g/mol. The van der Waals surface area contributed by atoms with Gasteiger partial charge in [0.2, 0.25) is 0 Å². The molecule has 1 aromatic rings. The van der Waals surface area contributed by atoms with Crippen molar-refractivity contribution in [3.8, 4) is 0 Å². The van der Waals surface area contributed by atoms with Gasteiger partial charge in [0.05, 0.1) is 4.92 Å². The zero-order chi connectivity index (χ0) is 14.7. The number of carbonyl (C=O) groups is 1. The number of nitro benzene ring substituents is 1. The zero-order valence-electron chi connectivity index (χ0n) is 11.3. The van der Waals surface area contributed by atoms with E-state index in [1.165, 1.54) is 18.6 Å². The summed E-state index contributed by atoms with van der Waals surface area (Å²) in [5.41, 5.74) is -0.324. The second-order valence-corrected chi connectivity index (χ2v) is 5.28. The monoisotopic (exact) mass is 278 g/mol. The van der Waals surface area contributed by atoms with Crippen molar-refractivity contribution in [3.05, 3.63) is 33.9 Å². The smallest absolute Gasteiger partial charge is 0.342 e. The first-order valence-corrected chi connectivity index (χ1v) is 6.78. The number of nitro groups is 1. The fraction of sp³-hybridized carbons (Fsp3) is 0.500. The Morgan fingerprint density at radius 2 is 2.10 bits per heavy atom. The normalized spacial score (nSPS) is 22.2. The van der Waals surface area contributed by atoms with E-state index in [9.17, 15) is 14.9 Å². The van der Waals surface area contributed by atoms with Crippen LogP contribution in [0.15, 0.2) is 18.2 Å². The first-order chi connectivity index (χ1) is 9.50. The average Bonchev–Trinajstić information content (AvgIpc) is 2.40. The maximum absolute atomic E-state index is 11.2. The van der Waals surface area contributed by atoms with Crippen LogP contribution in [0.4, 0.5) is 11.4 Å². The Balaban J connectivity index is 2.33. The third-order valence-electron chi connectivity index (χ3n) is 3.90. The van der Waals surface area contributed by atoms with Crippen molar-refractivity contribution < 1.29 is 14.8 Å². The number of anilines is 1. The van der Waals surface area contributed by atoms with Gasteiger partial charge in [0.1, 0.15) is 11.3 Å². The lowest BCUT2D eigenvalue weighted by Gasteiger charge is -2.30. The zero-order valence-corrected chi connectivity index (χ0v) is 11.3. The molecule has 2 unspecified atom stereocenters. The fourth-order valence-electron chi connectivity index (χ4n) is 2.76. The van der Waals surface area contributed by atoms with Gasteiger partial charge in [-0.15, -0.1) is 0 Å². The quantitative estimate of drug-likeness (QED) is 0.651. The maximum Gasteiger partial charge on any atom is 0.342 e. The molecule has 1 aromatic carbocycles. The van der Waals surface area contributed by atoms with Gasteiger partial charge in [-0.3, -0.25) is 10.1 Å². The highest BCUT2D eigenvalue weighted by Gasteiger charge is 2.28. The molecule has 0 aromatic heterocycles. The standard InChI is InChI=1S/C14H18N2O4/c1-9-5-2-3-7-11(9)15-12-8-4-6-10(14(17)18)13(12)16(19)20/h4,6,8-9,11,15H,2-3,5,7H2,1H3,(H,17,18). The van der Waals surface area contributed by atoms with Crippen molar-refractivity contribution >= 4 is 17.3 Å². The topological polar surface area (TPSA) is 92.5 Å². The van der Waals surface area contributed by atoms with E-state index in [4.69, 9.17) is 5.11 Å². The summed E-state index contributed by atoms with van der Waals surface area (Å²) in [5, 5.41) is 23.4. The molecule has 108 valence electrons. The predicted molar refractivity (Wildman–Crippen MR) is 75.1 cm³/mol. The van der Waals surface area contributed by atoms with Gasteiger partial charge < -0.3 is 10.4 Å². The van der Waals surface area contributed by atoms with E-state index in [1.807, 2.05) is 0 Å². The van der Waals surface area contributed by atoms with Gasteiger partial charge >= 0.3 is 11.7 Å². The number of hydrogen-bond donors (Lipinski definition) is 2. The first-order valence-electron chi connectivity index (χ1n) is 6.78. The molecule has 20 heavy (non-hydrogen) atoms. The fourth-order valence-corrected chi connectivity index (χ4v) is 2.76. The van der Waals surface area contributed by atoms with Crippen LogP contribution in [0, 0.1) is 16.0 Å². The number of hydrogen-bond acceptors (Lipinski definition) is 4. The Labute approximate surface area is 117 Å². The molecule has 1 fully saturated rings. The van der Waals surface area contributed by atoms with E-state index in [0.717, 1.165) is 19.3 Å². The summed E-state index contributed by atoms with van der Waals surface area (Å²) < 4.78 is 0. The Hall–Kier alpha value is -2.11. The largest absolute Gasteiger partial charge is 0.477 e. The minimum atomic E-state index is -1.28. The molecule has 0 heterocycles. The number of carboxylic acid groups (broad SMARTS) is 1. The number of nitrogens with zero attached hydrogens (tertiary/aromatic N) is 1. The van der Waals surface area contributed by atoms with Gasteiger partial charge in [0.25, 0.3) is 0 Å². The van der Waals surface area contributed by atoms with Crippen LogP contribution in [0.5, 0.6) is 0 Å². The Morgan fingerprint density at radius 1 is 1.40 bits per heavy atom. The molecule has 2 rings (SSSR count). The second-order valence-electron chi connectivity index (χ2n) is 5.28. The Kier molecular flexibility index (Phi) is 4.22. The number of nitrogens with one attached hydrogen (secondary N) is 1. The minimum Gasteiger partial charge on any atom is -0.477 e. The number of para-hydroxylation sites is 1. The van der Waals surface area contributed by atoms with Gasteiger partial charge in [-0.05, 0) is 30.9 Å². The van der Waals surface area contributed by atoms with E-state index >= 15 is 0 Å². The summed E-state index contributed by atoms with van der Waals surface area (Å²) in [5.74, 6) is -0.853. The molecule has 2 atom stereocenters. The van der Waals surface area contributed by atoms with Crippen molar-refractivity contribution in [1.29, 1.82) is 0 Å². The minimum absolute atomic E-state index is 0.159. The van der Waals surface area contributed by atoms with E-state index in [2.05, 4.69) is 12.2 Å². The van der Waals surface area contributed by atoms with E-state index in [-0.39, 0.29) is 17.3 Å². The highest BCUT2D eigenvalue weighted by molar-refractivity contribution is 5.95. The number of aromatic carboxylic acids is 1. The van der Waals surface area contributed by atoms with Crippen molar-refractivity contribution in [3.63, 3.8) is 0 Å². The van der Waals surface area contributed by atoms with Crippen LogP contribution >= 0.6 is 0 Å². The lowest BCUT2D eigenvalue weighted by Crippen LogP contribution is -2.30. The van der Waals surface area contributed by atoms with Crippen molar-refractivity contribution in [1.82, 2.24) is 0 Å². The maximum atomic E-state index is 11.2.